The summed E-state index contributed by atoms with van der Waals surface area (Å²) in [5, 5.41) is 11.8. The fraction of sp³-hybridized carbons (Fsp3) is 0.353. The van der Waals surface area contributed by atoms with Crippen LogP contribution in [-0.4, -0.2) is 28.5 Å². The van der Waals surface area contributed by atoms with Crippen LogP contribution in [0.5, 0.6) is 0 Å². The molecule has 0 saturated carbocycles. The summed E-state index contributed by atoms with van der Waals surface area (Å²) in [4.78, 5) is 27.6. The number of pyridine rings is 1. The van der Waals surface area contributed by atoms with Gasteiger partial charge in [0.15, 0.2) is 5.76 Å². The van der Waals surface area contributed by atoms with Crippen LogP contribution in [0, 0.1) is 12.3 Å². The van der Waals surface area contributed by atoms with E-state index in [0.29, 0.717) is 29.1 Å². The lowest BCUT2D eigenvalue weighted by atomic mass is 9.90. The number of aliphatic carboxylic acids is 1. The summed E-state index contributed by atoms with van der Waals surface area (Å²) in [6.07, 6.45) is 1.92. The smallest absolute Gasteiger partial charge is 0.309 e. The van der Waals surface area contributed by atoms with Crippen LogP contribution in [0.25, 0.3) is 11.5 Å². The molecular formula is C17H20N2O4. The molecule has 0 radical (unpaired) electrons. The van der Waals surface area contributed by atoms with Crippen LogP contribution in [0.3, 0.4) is 0 Å². The lowest BCUT2D eigenvalue weighted by Gasteiger charge is -2.19. The number of carbonyl (C=O) groups is 2. The van der Waals surface area contributed by atoms with E-state index in [1.165, 1.54) is 0 Å². The molecule has 23 heavy (non-hydrogen) atoms. The van der Waals surface area contributed by atoms with Crippen LogP contribution < -0.4 is 5.32 Å². The molecule has 6 nitrogen and oxygen atoms in total. The maximum absolute atomic E-state index is 12.2. The van der Waals surface area contributed by atoms with Crippen molar-refractivity contribution in [3.05, 3.63) is 41.8 Å². The lowest BCUT2D eigenvalue weighted by Crippen LogP contribution is -2.32. The number of amides is 1. The third-order valence-corrected chi connectivity index (χ3v) is 3.72. The highest BCUT2D eigenvalue weighted by Gasteiger charge is 2.26. The van der Waals surface area contributed by atoms with Gasteiger partial charge in [-0.05, 0) is 51.5 Å². The van der Waals surface area contributed by atoms with Gasteiger partial charge in [0.2, 0.25) is 0 Å². The first-order valence-electron chi connectivity index (χ1n) is 7.34. The Morgan fingerprint density at radius 3 is 2.61 bits per heavy atom. The zero-order valence-corrected chi connectivity index (χ0v) is 13.4. The highest BCUT2D eigenvalue weighted by molar-refractivity contribution is 5.95. The number of nitrogens with one attached hydrogen (secondary N) is 1. The Hall–Kier alpha value is -2.63. The summed E-state index contributed by atoms with van der Waals surface area (Å²) in [5.41, 5.74) is 0.849. The van der Waals surface area contributed by atoms with Crippen molar-refractivity contribution in [1.29, 1.82) is 0 Å². The number of aromatic nitrogens is 1. The van der Waals surface area contributed by atoms with Crippen molar-refractivity contribution >= 4 is 11.9 Å². The molecule has 0 saturated heterocycles. The number of furan rings is 1. The predicted octanol–water partition coefficient (Wildman–Crippen LogP) is 2.88. The molecule has 1 amide bonds. The van der Waals surface area contributed by atoms with Crippen LogP contribution in [0.1, 0.15) is 36.3 Å². The number of hydrogen-bond donors (Lipinski definition) is 2. The van der Waals surface area contributed by atoms with E-state index in [4.69, 9.17) is 9.52 Å². The Morgan fingerprint density at radius 2 is 2.04 bits per heavy atom. The molecule has 0 fully saturated rings. The Labute approximate surface area is 134 Å². The first-order valence-corrected chi connectivity index (χ1v) is 7.34. The van der Waals surface area contributed by atoms with Crippen molar-refractivity contribution in [2.45, 2.75) is 27.2 Å². The third-order valence-electron chi connectivity index (χ3n) is 3.72. The van der Waals surface area contributed by atoms with Crippen LogP contribution in [0.4, 0.5) is 0 Å². The summed E-state index contributed by atoms with van der Waals surface area (Å²) < 4.78 is 5.28. The van der Waals surface area contributed by atoms with Crippen molar-refractivity contribution < 1.29 is 19.1 Å². The highest BCUT2D eigenvalue weighted by atomic mass is 16.4. The van der Waals surface area contributed by atoms with Crippen molar-refractivity contribution in [1.82, 2.24) is 10.3 Å². The van der Waals surface area contributed by atoms with E-state index < -0.39 is 11.4 Å². The molecule has 122 valence electrons. The summed E-state index contributed by atoms with van der Waals surface area (Å²) in [7, 11) is 0. The molecule has 0 aliphatic carbocycles. The highest BCUT2D eigenvalue weighted by Crippen LogP contribution is 2.21. The molecule has 6 heteroatoms. The fourth-order valence-corrected chi connectivity index (χ4v) is 2.05. The summed E-state index contributed by atoms with van der Waals surface area (Å²) in [6, 6.07) is 6.99. The molecule has 2 aromatic rings. The van der Waals surface area contributed by atoms with Crippen molar-refractivity contribution in [3.63, 3.8) is 0 Å². The Balaban J connectivity index is 2.02. The maximum atomic E-state index is 12.2. The van der Waals surface area contributed by atoms with Gasteiger partial charge in [-0.15, -0.1) is 0 Å². The average molecular weight is 316 g/mol. The number of aryl methyl sites for hydroxylation is 1. The van der Waals surface area contributed by atoms with Gasteiger partial charge in [-0.2, -0.15) is 0 Å². The minimum absolute atomic E-state index is 0.262. The number of rotatable bonds is 6. The van der Waals surface area contributed by atoms with Crippen LogP contribution in [0.15, 0.2) is 34.9 Å². The van der Waals surface area contributed by atoms with Gasteiger partial charge in [0.1, 0.15) is 5.69 Å². The molecule has 0 aliphatic heterocycles. The minimum atomic E-state index is -0.882. The largest absolute Gasteiger partial charge is 0.481 e. The summed E-state index contributed by atoms with van der Waals surface area (Å²) in [6.45, 7) is 5.30. The fourth-order valence-electron chi connectivity index (χ4n) is 2.05. The molecule has 0 aromatic carbocycles. The Morgan fingerprint density at radius 1 is 1.30 bits per heavy atom. The van der Waals surface area contributed by atoms with E-state index in [1.807, 2.05) is 0 Å². The zero-order chi connectivity index (χ0) is 17.0. The molecule has 2 N–H and O–H groups in total. The summed E-state index contributed by atoms with van der Waals surface area (Å²) in [5.74, 6) is -0.502. The van der Waals surface area contributed by atoms with Crippen molar-refractivity contribution in [2.24, 2.45) is 5.41 Å². The van der Waals surface area contributed by atoms with Crippen LogP contribution >= 0.6 is 0 Å². The van der Waals surface area contributed by atoms with E-state index in [9.17, 15) is 9.59 Å². The van der Waals surface area contributed by atoms with Gasteiger partial charge >= 0.3 is 5.97 Å². The number of carboxylic acid groups (broad SMARTS) is 1. The molecule has 2 aromatic heterocycles. The second-order valence-electron chi connectivity index (χ2n) is 6.00. The number of hydrogen-bond acceptors (Lipinski definition) is 4. The lowest BCUT2D eigenvalue weighted by molar-refractivity contribution is -0.147. The monoisotopic (exact) mass is 316 g/mol. The molecule has 2 rings (SSSR count). The Bertz CT molecular complexity index is 705. The van der Waals surface area contributed by atoms with E-state index in [0.717, 1.165) is 0 Å². The Kier molecular flexibility index (Phi) is 4.83. The second kappa shape index (κ2) is 6.64. The standard InChI is InChI=1S/C17H20N2O4/c1-11-12(6-7-13(19-11)14-5-4-10-23-14)15(20)18-9-8-17(2,3)16(21)22/h4-7,10H,8-9H2,1-3H3,(H,18,20)(H,21,22). The van der Waals surface area contributed by atoms with E-state index in [1.54, 1.807) is 51.3 Å². The molecule has 0 atom stereocenters. The first-order chi connectivity index (χ1) is 10.8. The quantitative estimate of drug-likeness (QED) is 0.855. The van der Waals surface area contributed by atoms with Gasteiger partial charge in [-0.1, -0.05) is 0 Å². The van der Waals surface area contributed by atoms with Gasteiger partial charge in [0, 0.05) is 6.54 Å². The average Bonchev–Trinajstić information content (AvgIpc) is 3.00. The number of carboxylic acids is 1. The predicted molar refractivity (Wildman–Crippen MR) is 85.0 cm³/mol. The second-order valence-corrected chi connectivity index (χ2v) is 6.00. The minimum Gasteiger partial charge on any atom is -0.481 e. The van der Waals surface area contributed by atoms with Gasteiger partial charge in [-0.25, -0.2) is 4.98 Å². The van der Waals surface area contributed by atoms with E-state index in [2.05, 4.69) is 10.3 Å². The van der Waals surface area contributed by atoms with Gasteiger partial charge < -0.3 is 14.8 Å². The third kappa shape index (κ3) is 3.97. The van der Waals surface area contributed by atoms with Crippen LogP contribution in [-0.2, 0) is 4.79 Å². The SMILES string of the molecule is Cc1nc(-c2ccco2)ccc1C(=O)NCCC(C)(C)C(=O)O. The van der Waals surface area contributed by atoms with Gasteiger partial charge in [-0.3, -0.25) is 9.59 Å². The van der Waals surface area contributed by atoms with Crippen molar-refractivity contribution in [2.75, 3.05) is 6.54 Å². The maximum Gasteiger partial charge on any atom is 0.309 e. The number of nitrogens with zero attached hydrogens (tertiary/aromatic N) is 1. The van der Waals surface area contributed by atoms with Gasteiger partial charge in [0.05, 0.1) is 22.9 Å². The van der Waals surface area contributed by atoms with Crippen molar-refractivity contribution in [3.8, 4) is 11.5 Å². The number of carbonyl (C=O) groups excluding carboxylic acids is 1. The van der Waals surface area contributed by atoms with E-state index >= 15 is 0 Å². The molecule has 0 aliphatic rings. The topological polar surface area (TPSA) is 92.4 Å². The molecular weight excluding hydrogens is 296 g/mol. The van der Waals surface area contributed by atoms with Crippen LogP contribution in [0.2, 0.25) is 0 Å². The zero-order valence-electron chi connectivity index (χ0n) is 13.4. The molecule has 2 heterocycles. The van der Waals surface area contributed by atoms with E-state index in [-0.39, 0.29) is 12.5 Å². The van der Waals surface area contributed by atoms with Gasteiger partial charge in [0.25, 0.3) is 5.91 Å². The first kappa shape index (κ1) is 16.7. The summed E-state index contributed by atoms with van der Waals surface area (Å²) >= 11 is 0. The molecule has 0 spiro atoms. The molecule has 0 bridgehead atoms. The normalized spacial score (nSPS) is 11.3. The molecule has 0 unspecified atom stereocenters.